The van der Waals surface area contributed by atoms with Crippen molar-refractivity contribution in [1.82, 2.24) is 18.8 Å². The van der Waals surface area contributed by atoms with E-state index in [2.05, 4.69) is 14.7 Å². The number of hydrogen-bond donors (Lipinski definition) is 1. The average Bonchev–Trinajstić information content (AvgIpc) is 3.79. The Hall–Kier alpha value is -3.48. The third kappa shape index (κ3) is 7.49. The van der Waals surface area contributed by atoms with E-state index in [0.717, 1.165) is 64.9 Å². The van der Waals surface area contributed by atoms with E-state index in [0.29, 0.717) is 24.0 Å². The molecule has 0 saturated carbocycles. The number of nitrogens with zero attached hydrogens (tertiary/aromatic N) is 4. The number of methoxy groups -OCH3 is 1. The first-order chi connectivity index (χ1) is 21.1. The van der Waals surface area contributed by atoms with Gasteiger partial charge >= 0.3 is 43.2 Å². The average molecular weight is 699 g/mol. The third-order valence-corrected chi connectivity index (χ3v) is 8.06. The molecule has 0 saturated heterocycles. The van der Waals surface area contributed by atoms with Crippen molar-refractivity contribution in [2.75, 3.05) is 7.11 Å². The maximum absolute atomic E-state index is 13.4. The van der Waals surface area contributed by atoms with Crippen molar-refractivity contribution in [3.63, 3.8) is 0 Å². The van der Waals surface area contributed by atoms with E-state index in [-0.39, 0.29) is 40.3 Å². The Kier molecular flexibility index (Phi) is 11.6. The fourth-order valence-corrected chi connectivity index (χ4v) is 5.73. The van der Waals surface area contributed by atoms with E-state index in [1.165, 1.54) is 12.4 Å². The molecular weight excluding hydrogens is 676 g/mol. The van der Waals surface area contributed by atoms with Crippen LogP contribution >= 0.6 is 23.2 Å². The van der Waals surface area contributed by atoms with Gasteiger partial charge in [-0.3, -0.25) is 8.80 Å². The summed E-state index contributed by atoms with van der Waals surface area (Å²) in [6.45, 7) is 0. The molecule has 4 heterocycles. The van der Waals surface area contributed by atoms with E-state index in [4.69, 9.17) is 28.3 Å². The number of alkyl halides is 6. The zero-order valence-electron chi connectivity index (χ0n) is 24.6. The molecule has 0 radical (unpaired) electrons. The summed E-state index contributed by atoms with van der Waals surface area (Å²) in [4.78, 5) is 29.9. The second-order valence-electron chi connectivity index (χ2n) is 10.2. The van der Waals surface area contributed by atoms with Crippen molar-refractivity contribution in [2.45, 2.75) is 50.9 Å². The largest absolute Gasteiger partial charge is 1.00 e. The third-order valence-electron chi connectivity index (χ3n) is 7.34. The summed E-state index contributed by atoms with van der Waals surface area (Å²) < 4.78 is 86.5. The second-order valence-corrected chi connectivity index (χ2v) is 10.9. The Morgan fingerprint density at radius 3 is 1.55 bits per heavy atom. The number of carbonyl (C=O) groups excluding carboxylic acids is 1. The van der Waals surface area contributed by atoms with Crippen LogP contribution in [0, 0.1) is 0 Å². The summed E-state index contributed by atoms with van der Waals surface area (Å²) in [5, 5.41) is 8.45. The van der Waals surface area contributed by atoms with Gasteiger partial charge in [-0.15, -0.1) is 0 Å². The number of pyridine rings is 2. The fraction of sp³-hybridized carbons (Fsp3) is 0.310. The summed E-state index contributed by atoms with van der Waals surface area (Å²) in [6, 6.07) is 2.05. The van der Waals surface area contributed by atoms with Crippen LogP contribution in [0.15, 0.2) is 36.7 Å². The van der Waals surface area contributed by atoms with Crippen LogP contribution in [0.4, 0.5) is 26.3 Å². The molecule has 0 amide bonds. The number of carbonyl (C=O) groups is 2. The molecule has 9 nitrogen and oxygen atoms in total. The number of fused-ring (bicyclic) bond motifs is 2. The molecular formula is C29H23Cl2F6LiN4O5. The van der Waals surface area contributed by atoms with E-state index >= 15 is 0 Å². The summed E-state index contributed by atoms with van der Waals surface area (Å²) in [7, 11) is 1.11. The van der Waals surface area contributed by atoms with Gasteiger partial charge in [-0.2, -0.15) is 26.3 Å². The molecule has 0 unspecified atom stereocenters. The fourth-order valence-electron chi connectivity index (χ4n) is 5.23. The van der Waals surface area contributed by atoms with Gasteiger partial charge < -0.3 is 15.3 Å². The number of aromatic carboxylic acids is 1. The topological polar surface area (TPSA) is 128 Å². The van der Waals surface area contributed by atoms with Crippen LogP contribution in [0.5, 0.6) is 0 Å². The Labute approximate surface area is 284 Å². The molecule has 0 bridgehead atoms. The molecule has 246 valence electrons. The smallest absolute Gasteiger partial charge is 0.870 e. The minimum atomic E-state index is -4.65. The standard InChI is InChI=1S/C15H12ClF3N2O2.C14H10ClF3N2O2.Li.H2O/c1-23-14(22)11-12(16)21-7-9(8-4-2-3-5-8)6-10(13(21)20-11)15(17,18)19;15-11-10(13(21)22)19-12-9(14(16,17)18)5-8(6-20(11)12)7-3-1-2-4-7;;/h4,6-7H,2-3,5H2,1H3;3,5-6H,1-2,4H2,(H,21,22);;1H2/q;;+1;/p-1. The van der Waals surface area contributed by atoms with Crippen LogP contribution in [-0.4, -0.2) is 48.4 Å². The molecule has 0 spiro atoms. The Morgan fingerprint density at radius 1 is 0.809 bits per heavy atom. The summed E-state index contributed by atoms with van der Waals surface area (Å²) in [5.74, 6) is -2.35. The number of carboxylic acids is 1. The quantitative estimate of drug-likeness (QED) is 0.170. The number of aromatic nitrogens is 4. The van der Waals surface area contributed by atoms with Crippen molar-refractivity contribution >= 4 is 57.6 Å². The van der Waals surface area contributed by atoms with Gasteiger partial charge in [0.05, 0.1) is 18.2 Å². The van der Waals surface area contributed by atoms with Gasteiger partial charge in [0, 0.05) is 12.4 Å². The maximum atomic E-state index is 13.4. The summed E-state index contributed by atoms with van der Waals surface area (Å²) in [6.07, 6.45) is 2.23. The number of halogens is 8. The molecule has 2 aliphatic rings. The SMILES string of the molecule is COC(=O)c1nc2c(C(F)(F)F)cc(C3=CCCC3)cn2c1Cl.O=C(O)c1nc2c(C(F)(F)F)cc(C3=CCCC3)cn2c1Cl.[Li+].[OH-]. The molecule has 2 N–H and O–H groups in total. The predicted molar refractivity (Wildman–Crippen MR) is 154 cm³/mol. The number of ether oxygens (including phenoxy) is 1. The zero-order chi connectivity index (χ0) is 32.8. The van der Waals surface area contributed by atoms with Crippen molar-refractivity contribution in [2.24, 2.45) is 0 Å². The van der Waals surface area contributed by atoms with Gasteiger partial charge in [0.2, 0.25) is 0 Å². The zero-order valence-corrected chi connectivity index (χ0v) is 26.2. The van der Waals surface area contributed by atoms with E-state index in [1.54, 1.807) is 0 Å². The number of allylic oxidation sites excluding steroid dienone is 4. The Balaban J connectivity index is 0.000000245. The number of esters is 1. The van der Waals surface area contributed by atoms with E-state index in [1.807, 2.05) is 12.2 Å². The monoisotopic (exact) mass is 698 g/mol. The number of imidazole rings is 2. The van der Waals surface area contributed by atoms with Crippen LogP contribution < -0.4 is 18.9 Å². The summed E-state index contributed by atoms with van der Waals surface area (Å²) in [5.41, 5.74) is -1.32. The van der Waals surface area contributed by atoms with Gasteiger partial charge in [-0.25, -0.2) is 19.6 Å². The van der Waals surface area contributed by atoms with Gasteiger partial charge in [-0.05, 0) is 72.9 Å². The maximum Gasteiger partial charge on any atom is 1.00 e. The van der Waals surface area contributed by atoms with Gasteiger partial charge in [0.1, 0.15) is 10.3 Å². The molecule has 0 aliphatic heterocycles. The van der Waals surface area contributed by atoms with Crippen LogP contribution in [0.3, 0.4) is 0 Å². The summed E-state index contributed by atoms with van der Waals surface area (Å²) >= 11 is 11.9. The predicted octanol–water partition coefficient (Wildman–Crippen LogP) is 5.46. The number of hydrogen-bond acceptors (Lipinski definition) is 6. The minimum absolute atomic E-state index is 0. The van der Waals surface area contributed by atoms with E-state index in [9.17, 15) is 35.9 Å². The molecule has 4 aromatic rings. The Bertz CT molecular complexity index is 1920. The first-order valence-electron chi connectivity index (χ1n) is 13.4. The van der Waals surface area contributed by atoms with Gasteiger partial charge in [-0.1, -0.05) is 35.4 Å². The first-order valence-corrected chi connectivity index (χ1v) is 14.2. The molecule has 47 heavy (non-hydrogen) atoms. The number of rotatable bonds is 4. The molecule has 0 atom stereocenters. The first kappa shape index (κ1) is 38.0. The van der Waals surface area contributed by atoms with Crippen molar-refractivity contribution in [3.8, 4) is 0 Å². The van der Waals surface area contributed by atoms with Crippen molar-refractivity contribution in [3.05, 3.63) is 80.6 Å². The molecule has 2 aliphatic carbocycles. The van der Waals surface area contributed by atoms with E-state index < -0.39 is 52.4 Å². The van der Waals surface area contributed by atoms with Crippen LogP contribution in [0.2, 0.25) is 10.3 Å². The van der Waals surface area contributed by atoms with Crippen LogP contribution in [0.1, 0.15) is 81.8 Å². The second kappa shape index (κ2) is 14.3. The van der Waals surface area contributed by atoms with Gasteiger partial charge in [0.15, 0.2) is 22.7 Å². The Morgan fingerprint density at radius 2 is 1.21 bits per heavy atom. The molecule has 18 heteroatoms. The normalized spacial score (nSPS) is 14.6. The van der Waals surface area contributed by atoms with Crippen LogP contribution in [0.25, 0.3) is 22.4 Å². The van der Waals surface area contributed by atoms with Gasteiger partial charge in [0.25, 0.3) is 0 Å². The molecule has 0 aromatic carbocycles. The minimum Gasteiger partial charge on any atom is -0.870 e. The number of carboxylic acid groups (broad SMARTS) is 1. The molecule has 0 fully saturated rings. The van der Waals surface area contributed by atoms with Crippen molar-refractivity contribution in [1.29, 1.82) is 0 Å². The molecule has 4 aromatic heterocycles. The van der Waals surface area contributed by atoms with Crippen LogP contribution in [-0.2, 0) is 17.1 Å². The molecule has 6 rings (SSSR count). The van der Waals surface area contributed by atoms with Crippen molar-refractivity contribution < 1.29 is 70.1 Å².